The van der Waals surface area contributed by atoms with Gasteiger partial charge in [0.05, 0.1) is 11.1 Å². The second-order valence-electron chi connectivity index (χ2n) is 8.94. The molecule has 2 amide bonds. The maximum Gasteiger partial charge on any atom is 0.256 e. The first kappa shape index (κ1) is 22.1. The van der Waals surface area contributed by atoms with Gasteiger partial charge in [-0.2, -0.15) is 0 Å². The molecule has 3 aromatic rings. The molecule has 6 nitrogen and oxygen atoms in total. The van der Waals surface area contributed by atoms with Crippen molar-refractivity contribution in [1.29, 1.82) is 0 Å². The molecule has 2 aliphatic heterocycles. The first-order chi connectivity index (χ1) is 16.4. The third-order valence-corrected chi connectivity index (χ3v) is 6.58. The molecule has 174 valence electrons. The van der Waals surface area contributed by atoms with E-state index in [1.165, 1.54) is 12.1 Å². The zero-order chi connectivity index (χ0) is 23.8. The Morgan fingerprint density at radius 2 is 1.85 bits per heavy atom. The van der Waals surface area contributed by atoms with Crippen molar-refractivity contribution in [3.63, 3.8) is 0 Å². The van der Waals surface area contributed by atoms with Gasteiger partial charge >= 0.3 is 0 Å². The number of nitrogens with zero attached hydrogens (tertiary/aromatic N) is 2. The number of hydrogen-bond acceptors (Lipinski definition) is 4. The van der Waals surface area contributed by atoms with Crippen LogP contribution in [0.1, 0.15) is 34.5 Å². The summed E-state index contributed by atoms with van der Waals surface area (Å²) in [5.41, 5.74) is 2.70. The molecule has 7 heteroatoms. The van der Waals surface area contributed by atoms with Crippen molar-refractivity contribution in [1.82, 2.24) is 9.80 Å². The van der Waals surface area contributed by atoms with Crippen LogP contribution in [0.2, 0.25) is 0 Å². The molecule has 1 saturated heterocycles. The van der Waals surface area contributed by atoms with Crippen LogP contribution in [-0.4, -0.2) is 54.8 Å². The lowest BCUT2D eigenvalue weighted by Gasteiger charge is -2.35. The number of likely N-dealkylation sites (tertiary alicyclic amines) is 1. The quantitative estimate of drug-likeness (QED) is 0.572. The van der Waals surface area contributed by atoms with Gasteiger partial charge in [-0.25, -0.2) is 4.39 Å². The molecule has 0 atom stereocenters. The van der Waals surface area contributed by atoms with E-state index < -0.39 is 5.82 Å². The highest BCUT2D eigenvalue weighted by Crippen LogP contribution is 2.35. The van der Waals surface area contributed by atoms with Crippen LogP contribution in [0.4, 0.5) is 10.1 Å². The Kier molecular flexibility index (Phi) is 5.79. The Morgan fingerprint density at radius 1 is 1.09 bits per heavy atom. The van der Waals surface area contributed by atoms with Gasteiger partial charge in [-0.1, -0.05) is 18.2 Å². The Balaban J connectivity index is 1.41. The van der Waals surface area contributed by atoms with E-state index in [1.54, 1.807) is 24.3 Å². The highest BCUT2D eigenvalue weighted by molar-refractivity contribution is 6.34. The number of fused-ring (bicyclic) bond motifs is 1. The lowest BCUT2D eigenvalue weighted by Crippen LogP contribution is -2.44. The molecule has 0 spiro atoms. The van der Waals surface area contributed by atoms with E-state index in [0.29, 0.717) is 45.5 Å². The van der Waals surface area contributed by atoms with Crippen LogP contribution >= 0.6 is 0 Å². The lowest BCUT2D eigenvalue weighted by atomic mass is 10.0. The van der Waals surface area contributed by atoms with Crippen LogP contribution in [0.15, 0.2) is 59.0 Å². The Labute approximate surface area is 197 Å². The summed E-state index contributed by atoms with van der Waals surface area (Å²) in [6.45, 7) is 1.44. The van der Waals surface area contributed by atoms with Gasteiger partial charge in [0.1, 0.15) is 17.3 Å². The summed E-state index contributed by atoms with van der Waals surface area (Å²) in [5, 5.41) is 2.74. The van der Waals surface area contributed by atoms with Crippen molar-refractivity contribution in [3.8, 4) is 11.3 Å². The molecule has 1 aromatic heterocycles. The van der Waals surface area contributed by atoms with E-state index in [1.807, 2.05) is 29.2 Å². The molecular weight excluding hydrogens is 433 g/mol. The van der Waals surface area contributed by atoms with Crippen LogP contribution in [0.25, 0.3) is 23.0 Å². The number of benzene rings is 2. The van der Waals surface area contributed by atoms with E-state index in [2.05, 4.69) is 24.3 Å². The topological polar surface area (TPSA) is 65.8 Å². The van der Waals surface area contributed by atoms with E-state index in [-0.39, 0.29) is 11.8 Å². The maximum absolute atomic E-state index is 13.7. The number of anilines is 1. The zero-order valence-corrected chi connectivity index (χ0v) is 19.2. The molecule has 34 heavy (non-hydrogen) atoms. The molecule has 0 bridgehead atoms. The maximum atomic E-state index is 13.7. The Hall–Kier alpha value is -3.71. The summed E-state index contributed by atoms with van der Waals surface area (Å²) < 4.78 is 19.8. The number of carbonyl (C=O) groups is 2. The van der Waals surface area contributed by atoms with E-state index in [4.69, 9.17) is 4.42 Å². The van der Waals surface area contributed by atoms with Crippen molar-refractivity contribution in [2.45, 2.75) is 18.9 Å². The van der Waals surface area contributed by atoms with Gasteiger partial charge in [-0.15, -0.1) is 0 Å². The highest BCUT2D eigenvalue weighted by Gasteiger charge is 2.27. The van der Waals surface area contributed by atoms with Gasteiger partial charge in [0.25, 0.3) is 11.8 Å². The summed E-state index contributed by atoms with van der Waals surface area (Å²) in [5.74, 6) is 0.255. The first-order valence-corrected chi connectivity index (χ1v) is 11.4. The molecule has 2 aliphatic rings. The number of carbonyl (C=O) groups excluding carboxylic acids is 2. The van der Waals surface area contributed by atoms with Crippen LogP contribution in [-0.2, 0) is 4.79 Å². The highest BCUT2D eigenvalue weighted by atomic mass is 19.1. The third kappa shape index (κ3) is 4.15. The predicted octanol–water partition coefficient (Wildman–Crippen LogP) is 4.74. The lowest BCUT2D eigenvalue weighted by molar-refractivity contribution is -0.110. The fraction of sp³-hybridized carbons (Fsp3) is 0.259. The number of amides is 2. The molecule has 0 saturated carbocycles. The van der Waals surface area contributed by atoms with Crippen LogP contribution in [0, 0.1) is 5.82 Å². The van der Waals surface area contributed by atoms with Gasteiger partial charge < -0.3 is 19.5 Å². The summed E-state index contributed by atoms with van der Waals surface area (Å²) in [4.78, 5) is 29.9. The summed E-state index contributed by atoms with van der Waals surface area (Å²) in [6.07, 6.45) is 3.49. The van der Waals surface area contributed by atoms with Crippen LogP contribution in [0.5, 0.6) is 0 Å². The van der Waals surface area contributed by atoms with Crippen LogP contribution < -0.4 is 5.32 Å². The van der Waals surface area contributed by atoms with Crippen molar-refractivity contribution in [2.75, 3.05) is 32.5 Å². The molecule has 0 radical (unpaired) electrons. The van der Waals surface area contributed by atoms with Crippen molar-refractivity contribution in [2.24, 2.45) is 0 Å². The monoisotopic (exact) mass is 459 g/mol. The van der Waals surface area contributed by atoms with Crippen LogP contribution in [0.3, 0.4) is 0 Å². The average Bonchev–Trinajstić information content (AvgIpc) is 3.43. The minimum absolute atomic E-state index is 0.0105. The smallest absolute Gasteiger partial charge is 0.256 e. The summed E-state index contributed by atoms with van der Waals surface area (Å²) >= 11 is 0. The molecule has 2 aromatic carbocycles. The number of piperidine rings is 1. The Morgan fingerprint density at radius 3 is 2.62 bits per heavy atom. The van der Waals surface area contributed by atoms with Gasteiger partial charge in [-0.3, -0.25) is 9.59 Å². The number of furan rings is 1. The fourth-order valence-corrected chi connectivity index (χ4v) is 4.66. The average molecular weight is 460 g/mol. The molecule has 0 aliphatic carbocycles. The summed E-state index contributed by atoms with van der Waals surface area (Å²) in [7, 11) is 4.15. The van der Waals surface area contributed by atoms with Crippen molar-refractivity contribution in [3.05, 3.63) is 77.3 Å². The van der Waals surface area contributed by atoms with E-state index >= 15 is 0 Å². The normalized spacial score (nSPS) is 17.4. The molecule has 1 N–H and O–H groups in total. The number of nitrogens with one attached hydrogen (secondary N) is 1. The molecule has 5 rings (SSSR count). The zero-order valence-electron chi connectivity index (χ0n) is 19.2. The first-order valence-electron chi connectivity index (χ1n) is 11.4. The minimum atomic E-state index is -0.414. The number of halogens is 1. The SMILES string of the molecule is CN(C)C1CCN(C(=O)c2ccccc2-c2ccc(/C=C3/C(=O)Nc4ccc(F)cc43)o2)CC1. The van der Waals surface area contributed by atoms with E-state index in [0.717, 1.165) is 25.9 Å². The molecular formula is C27H26FN3O3. The third-order valence-electron chi connectivity index (χ3n) is 6.58. The number of rotatable bonds is 4. The second kappa shape index (κ2) is 8.91. The second-order valence-corrected chi connectivity index (χ2v) is 8.94. The predicted molar refractivity (Wildman–Crippen MR) is 130 cm³/mol. The van der Waals surface area contributed by atoms with Gasteiger partial charge in [-0.05, 0) is 69.4 Å². The van der Waals surface area contributed by atoms with E-state index in [9.17, 15) is 14.0 Å². The largest absolute Gasteiger partial charge is 0.457 e. The standard InChI is InChI=1S/C27H26FN3O3/c1-30(2)18-11-13-31(14-12-18)27(33)21-6-4-3-5-20(21)25-10-8-19(34-25)16-23-22-15-17(28)7-9-24(22)29-26(23)32/h3-10,15-16,18H,11-14H2,1-2H3,(H,29,32)/b23-16+. The fourth-order valence-electron chi connectivity index (χ4n) is 4.66. The minimum Gasteiger partial charge on any atom is -0.457 e. The van der Waals surface area contributed by atoms with Gasteiger partial charge in [0.2, 0.25) is 0 Å². The molecule has 1 fully saturated rings. The van der Waals surface area contributed by atoms with Crippen molar-refractivity contribution >= 4 is 29.2 Å². The van der Waals surface area contributed by atoms with Gasteiger partial charge in [0, 0.05) is 35.9 Å². The van der Waals surface area contributed by atoms with Gasteiger partial charge in [0.15, 0.2) is 0 Å². The number of hydrogen-bond donors (Lipinski definition) is 1. The Bertz CT molecular complexity index is 1290. The molecule has 0 unspecified atom stereocenters. The summed E-state index contributed by atoms with van der Waals surface area (Å²) in [6, 6.07) is 15.6. The van der Waals surface area contributed by atoms with Crippen molar-refractivity contribution < 1.29 is 18.4 Å². The molecule has 3 heterocycles.